The van der Waals surface area contributed by atoms with Gasteiger partial charge in [-0.1, -0.05) is 23.7 Å². The number of methoxy groups -OCH3 is 1. The zero-order valence-corrected chi connectivity index (χ0v) is 10.9. The van der Waals surface area contributed by atoms with Crippen molar-refractivity contribution in [1.29, 1.82) is 0 Å². The molecule has 0 bridgehead atoms. The fourth-order valence-corrected chi connectivity index (χ4v) is 1.78. The van der Waals surface area contributed by atoms with Gasteiger partial charge in [-0.05, 0) is 38.0 Å². The largest absolute Gasteiger partial charge is 0.385 e. The van der Waals surface area contributed by atoms with Crippen molar-refractivity contribution in [2.75, 3.05) is 13.7 Å². The first-order chi connectivity index (χ1) is 7.63. The number of hydrogen-bond donors (Lipinski definition) is 1. The third-order valence-electron chi connectivity index (χ3n) is 2.66. The number of hydrogen-bond acceptors (Lipinski definition) is 2. The molecule has 2 unspecified atom stereocenters. The van der Waals surface area contributed by atoms with E-state index >= 15 is 0 Å². The van der Waals surface area contributed by atoms with E-state index in [1.54, 1.807) is 7.11 Å². The van der Waals surface area contributed by atoms with Gasteiger partial charge in [0.05, 0.1) is 0 Å². The molecule has 1 aromatic rings. The number of nitrogens with one attached hydrogen (secondary N) is 1. The van der Waals surface area contributed by atoms with Gasteiger partial charge >= 0.3 is 0 Å². The molecule has 0 aliphatic heterocycles. The van der Waals surface area contributed by atoms with Gasteiger partial charge in [-0.25, -0.2) is 0 Å². The maximum atomic E-state index is 5.85. The Morgan fingerprint density at radius 3 is 2.44 bits per heavy atom. The number of ether oxygens (including phenoxy) is 1. The van der Waals surface area contributed by atoms with Crippen molar-refractivity contribution < 1.29 is 4.74 Å². The summed E-state index contributed by atoms with van der Waals surface area (Å²) in [6.45, 7) is 5.12. The molecular formula is C13H20ClNO. The van der Waals surface area contributed by atoms with Crippen molar-refractivity contribution in [3.05, 3.63) is 34.9 Å². The predicted molar refractivity (Wildman–Crippen MR) is 69.0 cm³/mol. The SMILES string of the molecule is COCCC(C)NC(C)c1ccc(Cl)cc1. The molecule has 90 valence electrons. The molecule has 1 N–H and O–H groups in total. The Balaban J connectivity index is 2.45. The Morgan fingerprint density at radius 1 is 1.25 bits per heavy atom. The fraction of sp³-hybridized carbons (Fsp3) is 0.538. The van der Waals surface area contributed by atoms with E-state index in [1.807, 2.05) is 12.1 Å². The Labute approximate surface area is 103 Å². The molecule has 3 heteroatoms. The van der Waals surface area contributed by atoms with E-state index in [0.29, 0.717) is 12.1 Å². The van der Waals surface area contributed by atoms with Crippen LogP contribution in [-0.2, 0) is 4.74 Å². The number of benzene rings is 1. The molecule has 0 aliphatic carbocycles. The first-order valence-electron chi connectivity index (χ1n) is 5.64. The number of rotatable bonds is 6. The van der Waals surface area contributed by atoms with Crippen LogP contribution in [0.2, 0.25) is 5.02 Å². The molecule has 0 aliphatic rings. The summed E-state index contributed by atoms with van der Waals surface area (Å²) in [6, 6.07) is 8.75. The molecule has 16 heavy (non-hydrogen) atoms. The topological polar surface area (TPSA) is 21.3 Å². The molecule has 0 saturated carbocycles. The Morgan fingerprint density at radius 2 is 1.88 bits per heavy atom. The first kappa shape index (κ1) is 13.5. The minimum atomic E-state index is 0.337. The molecule has 0 heterocycles. The highest BCUT2D eigenvalue weighted by Crippen LogP contribution is 2.16. The van der Waals surface area contributed by atoms with Gasteiger partial charge < -0.3 is 10.1 Å². The lowest BCUT2D eigenvalue weighted by molar-refractivity contribution is 0.183. The van der Waals surface area contributed by atoms with Crippen LogP contribution in [-0.4, -0.2) is 19.8 Å². The normalized spacial score (nSPS) is 14.8. The fourth-order valence-electron chi connectivity index (χ4n) is 1.65. The number of halogens is 1. The van der Waals surface area contributed by atoms with Gasteiger partial charge in [0.15, 0.2) is 0 Å². The maximum Gasteiger partial charge on any atom is 0.0476 e. The van der Waals surface area contributed by atoms with Crippen molar-refractivity contribution >= 4 is 11.6 Å². The summed E-state index contributed by atoms with van der Waals surface area (Å²) < 4.78 is 5.06. The van der Waals surface area contributed by atoms with E-state index in [-0.39, 0.29) is 0 Å². The second-order valence-electron chi connectivity index (χ2n) is 4.12. The molecule has 0 saturated heterocycles. The van der Waals surface area contributed by atoms with Gasteiger partial charge in [-0.15, -0.1) is 0 Å². The van der Waals surface area contributed by atoms with Crippen molar-refractivity contribution in [2.24, 2.45) is 0 Å². The monoisotopic (exact) mass is 241 g/mol. The maximum absolute atomic E-state index is 5.85. The summed E-state index contributed by atoms with van der Waals surface area (Å²) in [7, 11) is 1.73. The highest BCUT2D eigenvalue weighted by molar-refractivity contribution is 6.30. The highest BCUT2D eigenvalue weighted by atomic mass is 35.5. The van der Waals surface area contributed by atoms with Crippen LogP contribution in [0.5, 0.6) is 0 Å². The van der Waals surface area contributed by atoms with Crippen LogP contribution in [0.15, 0.2) is 24.3 Å². The van der Waals surface area contributed by atoms with Crippen LogP contribution in [0.4, 0.5) is 0 Å². The molecular weight excluding hydrogens is 222 g/mol. The van der Waals surface area contributed by atoms with E-state index in [0.717, 1.165) is 18.1 Å². The van der Waals surface area contributed by atoms with Crippen LogP contribution < -0.4 is 5.32 Å². The zero-order chi connectivity index (χ0) is 12.0. The van der Waals surface area contributed by atoms with E-state index < -0.39 is 0 Å². The summed E-state index contributed by atoms with van der Waals surface area (Å²) in [6.07, 6.45) is 1.02. The van der Waals surface area contributed by atoms with Crippen molar-refractivity contribution in [3.63, 3.8) is 0 Å². The van der Waals surface area contributed by atoms with Crippen molar-refractivity contribution in [3.8, 4) is 0 Å². The molecule has 2 nitrogen and oxygen atoms in total. The van der Waals surface area contributed by atoms with Crippen molar-refractivity contribution in [2.45, 2.75) is 32.4 Å². The molecule has 1 rings (SSSR count). The smallest absolute Gasteiger partial charge is 0.0476 e. The lowest BCUT2D eigenvalue weighted by Gasteiger charge is -2.20. The van der Waals surface area contributed by atoms with Crippen LogP contribution in [0.25, 0.3) is 0 Å². The molecule has 0 fully saturated rings. The molecule has 0 amide bonds. The van der Waals surface area contributed by atoms with Crippen LogP contribution in [0, 0.1) is 0 Å². The van der Waals surface area contributed by atoms with Crippen LogP contribution in [0.3, 0.4) is 0 Å². The van der Waals surface area contributed by atoms with Gasteiger partial charge in [0.2, 0.25) is 0 Å². The second kappa shape index (κ2) is 6.89. The van der Waals surface area contributed by atoms with Crippen molar-refractivity contribution in [1.82, 2.24) is 5.32 Å². The van der Waals surface area contributed by atoms with Gasteiger partial charge in [-0.2, -0.15) is 0 Å². The summed E-state index contributed by atoms with van der Waals surface area (Å²) in [5, 5.41) is 4.31. The standard InChI is InChI=1S/C13H20ClNO/c1-10(8-9-16-3)15-11(2)12-4-6-13(14)7-5-12/h4-7,10-11,15H,8-9H2,1-3H3. The summed E-state index contributed by atoms with van der Waals surface area (Å²) >= 11 is 5.85. The van der Waals surface area contributed by atoms with E-state index in [9.17, 15) is 0 Å². The average Bonchev–Trinajstić information content (AvgIpc) is 2.27. The molecule has 2 atom stereocenters. The quantitative estimate of drug-likeness (QED) is 0.824. The first-order valence-corrected chi connectivity index (χ1v) is 6.01. The minimum absolute atomic E-state index is 0.337. The third kappa shape index (κ3) is 4.52. The summed E-state index contributed by atoms with van der Waals surface area (Å²) in [5.41, 5.74) is 1.26. The van der Waals surface area contributed by atoms with Crippen LogP contribution in [0.1, 0.15) is 31.9 Å². The summed E-state index contributed by atoms with van der Waals surface area (Å²) in [4.78, 5) is 0. The molecule has 0 aromatic heterocycles. The van der Waals surface area contributed by atoms with Gasteiger partial charge in [0, 0.05) is 30.8 Å². The molecule has 1 aromatic carbocycles. The Bertz CT molecular complexity index is 299. The predicted octanol–water partition coefficient (Wildman–Crippen LogP) is 3.42. The molecule has 0 radical (unpaired) electrons. The Kier molecular flexibility index (Phi) is 5.81. The minimum Gasteiger partial charge on any atom is -0.385 e. The average molecular weight is 242 g/mol. The van der Waals surface area contributed by atoms with E-state index in [4.69, 9.17) is 16.3 Å². The van der Waals surface area contributed by atoms with E-state index in [1.165, 1.54) is 5.56 Å². The van der Waals surface area contributed by atoms with Crippen LogP contribution >= 0.6 is 11.6 Å². The van der Waals surface area contributed by atoms with E-state index in [2.05, 4.69) is 31.3 Å². The lowest BCUT2D eigenvalue weighted by Crippen LogP contribution is -2.29. The summed E-state index contributed by atoms with van der Waals surface area (Å²) in [5.74, 6) is 0. The molecule has 0 spiro atoms. The third-order valence-corrected chi connectivity index (χ3v) is 2.91. The van der Waals surface area contributed by atoms with Gasteiger partial charge in [0.25, 0.3) is 0 Å². The Hall–Kier alpha value is -0.570. The highest BCUT2D eigenvalue weighted by Gasteiger charge is 2.08. The zero-order valence-electron chi connectivity index (χ0n) is 10.2. The lowest BCUT2D eigenvalue weighted by atomic mass is 10.1. The van der Waals surface area contributed by atoms with Gasteiger partial charge in [-0.3, -0.25) is 0 Å². The van der Waals surface area contributed by atoms with Gasteiger partial charge in [0.1, 0.15) is 0 Å². The second-order valence-corrected chi connectivity index (χ2v) is 4.56.